The van der Waals surface area contributed by atoms with E-state index in [0.717, 1.165) is 21.4 Å². The summed E-state index contributed by atoms with van der Waals surface area (Å²) in [5, 5.41) is 14.4. The largest absolute Gasteiger partial charge is 0.395 e. The first-order chi connectivity index (χ1) is 10.9. The number of aliphatic hydroxyl groups excluding tert-OH is 1. The lowest BCUT2D eigenvalue weighted by atomic mass is 10.2. The zero-order chi connectivity index (χ0) is 17.0. The number of benzene rings is 1. The molecule has 1 aromatic heterocycles. The topological polar surface area (TPSA) is 50.1 Å². The Hall–Kier alpha value is -0.720. The molecule has 4 nitrogen and oxygen atoms in total. The van der Waals surface area contributed by atoms with Crippen LogP contribution in [0.1, 0.15) is 31.3 Å². The molecular formula is C16H21Cl2N3OS. The van der Waals surface area contributed by atoms with Gasteiger partial charge in [0.1, 0.15) is 10.9 Å². The van der Waals surface area contributed by atoms with Crippen LogP contribution in [0.15, 0.2) is 28.1 Å². The van der Waals surface area contributed by atoms with E-state index in [2.05, 4.69) is 23.7 Å². The Labute approximate surface area is 151 Å². The third-order valence-corrected chi connectivity index (χ3v) is 4.91. The van der Waals surface area contributed by atoms with Crippen LogP contribution in [0.3, 0.4) is 0 Å². The minimum atomic E-state index is 0.115. The van der Waals surface area contributed by atoms with Gasteiger partial charge in [-0.05, 0) is 24.1 Å². The highest BCUT2D eigenvalue weighted by Gasteiger charge is 2.18. The smallest absolute Gasteiger partial charge is 0.123 e. The Bertz CT molecular complexity index is 653. The molecule has 0 atom stereocenters. The van der Waals surface area contributed by atoms with Gasteiger partial charge < -0.3 is 15.0 Å². The molecule has 2 N–H and O–H groups in total. The van der Waals surface area contributed by atoms with E-state index in [4.69, 9.17) is 33.3 Å². The van der Waals surface area contributed by atoms with Crippen LogP contribution in [0.5, 0.6) is 0 Å². The van der Waals surface area contributed by atoms with Gasteiger partial charge in [-0.3, -0.25) is 0 Å². The van der Waals surface area contributed by atoms with Crippen molar-refractivity contribution in [2.75, 3.05) is 13.2 Å². The number of hydrogen-bond donors (Lipinski definition) is 2. The van der Waals surface area contributed by atoms with Gasteiger partial charge in [-0.1, -0.05) is 48.8 Å². The Kier molecular flexibility index (Phi) is 6.80. The van der Waals surface area contributed by atoms with Crippen LogP contribution in [0.2, 0.25) is 10.0 Å². The van der Waals surface area contributed by atoms with Gasteiger partial charge in [0.2, 0.25) is 0 Å². The Morgan fingerprint density at radius 3 is 2.48 bits per heavy atom. The number of nitrogens with zero attached hydrogens (tertiary/aromatic N) is 2. The lowest BCUT2D eigenvalue weighted by Crippen LogP contribution is -2.19. The van der Waals surface area contributed by atoms with Crippen molar-refractivity contribution < 1.29 is 5.11 Å². The van der Waals surface area contributed by atoms with Gasteiger partial charge in [-0.15, -0.1) is 0 Å². The molecule has 0 spiro atoms. The molecule has 1 heterocycles. The molecule has 0 aliphatic rings. The van der Waals surface area contributed by atoms with Crippen LogP contribution in [0, 0.1) is 0 Å². The van der Waals surface area contributed by atoms with Crippen molar-refractivity contribution in [1.29, 1.82) is 0 Å². The predicted molar refractivity (Wildman–Crippen MR) is 96.7 cm³/mol. The molecular weight excluding hydrogens is 353 g/mol. The second-order valence-electron chi connectivity index (χ2n) is 5.54. The third kappa shape index (κ3) is 4.88. The maximum atomic E-state index is 8.89. The molecule has 0 unspecified atom stereocenters. The molecule has 23 heavy (non-hydrogen) atoms. The van der Waals surface area contributed by atoms with E-state index >= 15 is 0 Å². The summed E-state index contributed by atoms with van der Waals surface area (Å²) in [7, 11) is 2.00. The van der Waals surface area contributed by atoms with Gasteiger partial charge in [0.25, 0.3) is 0 Å². The van der Waals surface area contributed by atoms with Crippen molar-refractivity contribution in [3.8, 4) is 0 Å². The van der Waals surface area contributed by atoms with Crippen LogP contribution >= 0.6 is 35.0 Å². The first-order valence-electron chi connectivity index (χ1n) is 7.43. The van der Waals surface area contributed by atoms with E-state index < -0.39 is 0 Å². The summed E-state index contributed by atoms with van der Waals surface area (Å²) in [4.78, 5) is 5.74. The van der Waals surface area contributed by atoms with E-state index in [0.29, 0.717) is 29.1 Å². The number of imidazole rings is 1. The zero-order valence-corrected chi connectivity index (χ0v) is 15.8. The van der Waals surface area contributed by atoms with Gasteiger partial charge in [-0.2, -0.15) is 0 Å². The summed E-state index contributed by atoms with van der Waals surface area (Å²) >= 11 is 13.8. The molecule has 0 saturated heterocycles. The number of hydrogen-bond acceptors (Lipinski definition) is 4. The maximum Gasteiger partial charge on any atom is 0.123 e. The van der Waals surface area contributed by atoms with Crippen LogP contribution in [0.25, 0.3) is 0 Å². The van der Waals surface area contributed by atoms with Gasteiger partial charge in [0.05, 0.1) is 18.8 Å². The molecule has 0 amide bonds. The van der Waals surface area contributed by atoms with Crippen molar-refractivity contribution in [3.05, 3.63) is 39.8 Å². The van der Waals surface area contributed by atoms with Gasteiger partial charge in [0, 0.05) is 28.5 Å². The van der Waals surface area contributed by atoms with E-state index in [1.54, 1.807) is 17.8 Å². The van der Waals surface area contributed by atoms with Gasteiger partial charge in [0.15, 0.2) is 0 Å². The fourth-order valence-electron chi connectivity index (χ4n) is 2.18. The second-order valence-corrected chi connectivity index (χ2v) is 7.47. The molecule has 1 aromatic carbocycles. The summed E-state index contributed by atoms with van der Waals surface area (Å²) in [5.41, 5.74) is 1.05. The SMILES string of the molecule is CC(C)c1nc(CNCCO)n(C)c1Sc1cc(Cl)cc(Cl)c1. The molecule has 0 aliphatic carbocycles. The number of nitrogens with one attached hydrogen (secondary N) is 1. The molecule has 0 fully saturated rings. The van der Waals surface area contributed by atoms with Crippen LogP contribution in [0.4, 0.5) is 0 Å². The number of rotatable bonds is 7. The van der Waals surface area contributed by atoms with Crippen molar-refractivity contribution in [1.82, 2.24) is 14.9 Å². The lowest BCUT2D eigenvalue weighted by Gasteiger charge is -2.09. The number of aliphatic hydroxyl groups is 1. The maximum absolute atomic E-state index is 8.89. The standard InChI is InChI=1S/C16H21Cl2N3OS/c1-10(2)15-16(21(3)14(20-15)9-19-4-5-22)23-13-7-11(17)6-12(18)8-13/h6-8,10,19,22H,4-5,9H2,1-3H3. The van der Waals surface area contributed by atoms with Gasteiger partial charge in [-0.25, -0.2) is 4.98 Å². The normalized spacial score (nSPS) is 11.4. The molecule has 0 saturated carbocycles. The van der Waals surface area contributed by atoms with Crippen LogP contribution in [-0.2, 0) is 13.6 Å². The summed E-state index contributed by atoms with van der Waals surface area (Å²) in [6, 6.07) is 5.53. The molecule has 0 aliphatic heterocycles. The van der Waals surface area contributed by atoms with E-state index in [-0.39, 0.29) is 6.61 Å². The first-order valence-corrected chi connectivity index (χ1v) is 9.00. The minimum Gasteiger partial charge on any atom is -0.395 e. The van der Waals surface area contributed by atoms with E-state index in [1.165, 1.54) is 0 Å². The highest BCUT2D eigenvalue weighted by Crippen LogP contribution is 2.36. The lowest BCUT2D eigenvalue weighted by molar-refractivity contribution is 0.291. The molecule has 0 bridgehead atoms. The third-order valence-electron chi connectivity index (χ3n) is 3.33. The zero-order valence-electron chi connectivity index (χ0n) is 13.4. The van der Waals surface area contributed by atoms with Crippen molar-refractivity contribution >= 4 is 35.0 Å². The van der Waals surface area contributed by atoms with Gasteiger partial charge >= 0.3 is 0 Å². The molecule has 0 radical (unpaired) electrons. The first kappa shape index (κ1) is 18.6. The second kappa shape index (κ2) is 8.40. The van der Waals surface area contributed by atoms with Crippen molar-refractivity contribution in [3.63, 3.8) is 0 Å². The van der Waals surface area contributed by atoms with E-state index in [9.17, 15) is 0 Å². The summed E-state index contributed by atoms with van der Waals surface area (Å²) in [6.07, 6.45) is 0. The monoisotopic (exact) mass is 373 g/mol. The summed E-state index contributed by atoms with van der Waals surface area (Å²) in [6.45, 7) is 5.54. The number of halogens is 2. The van der Waals surface area contributed by atoms with Crippen molar-refractivity contribution in [2.45, 2.75) is 36.2 Å². The predicted octanol–water partition coefficient (Wildman–Crippen LogP) is 4.08. The highest BCUT2D eigenvalue weighted by molar-refractivity contribution is 7.99. The molecule has 7 heteroatoms. The number of aromatic nitrogens is 2. The van der Waals surface area contributed by atoms with Crippen LogP contribution < -0.4 is 5.32 Å². The highest BCUT2D eigenvalue weighted by atomic mass is 35.5. The molecule has 126 valence electrons. The Morgan fingerprint density at radius 1 is 1.26 bits per heavy atom. The fraction of sp³-hybridized carbons (Fsp3) is 0.438. The summed E-state index contributed by atoms with van der Waals surface area (Å²) in [5.74, 6) is 1.25. The Morgan fingerprint density at radius 2 is 1.91 bits per heavy atom. The average Bonchev–Trinajstić information content (AvgIpc) is 2.76. The van der Waals surface area contributed by atoms with E-state index in [1.807, 2.05) is 19.2 Å². The quantitative estimate of drug-likeness (QED) is 0.717. The summed E-state index contributed by atoms with van der Waals surface area (Å²) < 4.78 is 2.08. The van der Waals surface area contributed by atoms with Crippen LogP contribution in [-0.4, -0.2) is 27.8 Å². The molecule has 2 aromatic rings. The fourth-order valence-corrected chi connectivity index (χ4v) is 4.06. The minimum absolute atomic E-state index is 0.115. The Balaban J connectivity index is 2.31. The molecule has 2 rings (SSSR count). The van der Waals surface area contributed by atoms with Crippen molar-refractivity contribution in [2.24, 2.45) is 7.05 Å². The average molecular weight is 374 g/mol.